The van der Waals surface area contributed by atoms with E-state index in [0.717, 1.165) is 44.5 Å². The summed E-state index contributed by atoms with van der Waals surface area (Å²) in [7, 11) is 0. The molecule has 0 amide bonds. The van der Waals surface area contributed by atoms with Crippen molar-refractivity contribution in [1.82, 2.24) is 9.97 Å². The molecule has 0 fully saturated rings. The zero-order chi connectivity index (χ0) is 35.8. The lowest BCUT2D eigenvalue weighted by atomic mass is 9.67. The predicted molar refractivity (Wildman–Crippen MR) is 212 cm³/mol. The van der Waals surface area contributed by atoms with Crippen molar-refractivity contribution >= 4 is 5.82 Å². The summed E-state index contributed by atoms with van der Waals surface area (Å²) < 4.78 is 0. The number of hydrogen-bond donors (Lipinski definition) is 0. The van der Waals surface area contributed by atoms with Crippen molar-refractivity contribution in [3.8, 4) is 61.7 Å². The van der Waals surface area contributed by atoms with Crippen LogP contribution < -0.4 is 0 Å². The molecule has 53 heavy (non-hydrogen) atoms. The zero-order valence-corrected chi connectivity index (χ0v) is 28.6. The number of pyridine rings is 2. The van der Waals surface area contributed by atoms with Gasteiger partial charge in [0, 0.05) is 6.20 Å². The maximum atomic E-state index is 9.48. The maximum Gasteiger partial charge on any atom is 0.270 e. The topological polar surface area (TPSA) is 53.9 Å². The second-order valence-corrected chi connectivity index (χ2v) is 13.2. The standard InChI is InChI=1S/C49H30N4/c1-51-48-31-40(23-25-53-48)36-13-9-11-34(27-36)38-19-21-45-44-20-18-37(33-10-8-12-35(26-33)39-22-24-52-43(28-39)32-50)29-46(44)49(47(45)30-38,41-14-4-2-5-15-41)42-16-6-3-7-17-42/h2-31H. The number of aromatic nitrogens is 2. The summed E-state index contributed by atoms with van der Waals surface area (Å²) in [5, 5.41) is 9.48. The third-order valence-electron chi connectivity index (χ3n) is 10.3. The Morgan fingerprint density at radius 3 is 1.40 bits per heavy atom. The van der Waals surface area contributed by atoms with Crippen LogP contribution in [0.3, 0.4) is 0 Å². The maximum absolute atomic E-state index is 9.48. The second-order valence-electron chi connectivity index (χ2n) is 13.2. The van der Waals surface area contributed by atoms with E-state index in [2.05, 4.69) is 166 Å². The highest BCUT2D eigenvalue weighted by molar-refractivity contribution is 5.91. The van der Waals surface area contributed by atoms with Crippen molar-refractivity contribution in [2.75, 3.05) is 0 Å². The van der Waals surface area contributed by atoms with Gasteiger partial charge >= 0.3 is 0 Å². The Kier molecular flexibility index (Phi) is 7.77. The number of nitriles is 1. The summed E-state index contributed by atoms with van der Waals surface area (Å²) in [5.74, 6) is 0.385. The van der Waals surface area contributed by atoms with Gasteiger partial charge < -0.3 is 4.85 Å². The van der Waals surface area contributed by atoms with Crippen molar-refractivity contribution in [3.63, 3.8) is 0 Å². The minimum Gasteiger partial charge on any atom is -0.361 e. The number of hydrogen-bond acceptors (Lipinski definition) is 3. The van der Waals surface area contributed by atoms with E-state index < -0.39 is 5.41 Å². The first kappa shape index (κ1) is 31.6. The highest BCUT2D eigenvalue weighted by Crippen LogP contribution is 2.57. The summed E-state index contributed by atoms with van der Waals surface area (Å²) in [6.45, 7) is 7.46. The second kappa shape index (κ2) is 13.1. The fraction of sp³-hybridized carbons (Fsp3) is 0.0204. The first-order valence-corrected chi connectivity index (χ1v) is 17.5. The van der Waals surface area contributed by atoms with Crippen molar-refractivity contribution in [2.45, 2.75) is 5.41 Å². The molecule has 1 aliphatic rings. The normalized spacial score (nSPS) is 12.3. The number of benzene rings is 6. The fourth-order valence-electron chi connectivity index (χ4n) is 7.93. The van der Waals surface area contributed by atoms with Crippen molar-refractivity contribution in [2.24, 2.45) is 0 Å². The van der Waals surface area contributed by atoms with Gasteiger partial charge in [-0.25, -0.2) is 4.98 Å². The van der Waals surface area contributed by atoms with Crippen molar-refractivity contribution < 1.29 is 0 Å². The van der Waals surface area contributed by atoms with E-state index in [1.807, 2.05) is 24.3 Å². The molecule has 2 aromatic heterocycles. The first-order valence-electron chi connectivity index (χ1n) is 17.5. The molecule has 0 atom stereocenters. The van der Waals surface area contributed by atoms with Crippen LogP contribution in [0, 0.1) is 17.9 Å². The van der Waals surface area contributed by atoms with Gasteiger partial charge in [-0.1, -0.05) is 128 Å². The smallest absolute Gasteiger partial charge is 0.270 e. The van der Waals surface area contributed by atoms with E-state index in [1.54, 1.807) is 12.4 Å². The van der Waals surface area contributed by atoms with Gasteiger partial charge in [0.2, 0.25) is 0 Å². The van der Waals surface area contributed by atoms with Gasteiger partial charge in [0.25, 0.3) is 5.82 Å². The molecule has 0 spiro atoms. The zero-order valence-electron chi connectivity index (χ0n) is 28.6. The highest BCUT2D eigenvalue weighted by Gasteiger charge is 2.46. The molecule has 0 saturated heterocycles. The van der Waals surface area contributed by atoms with Gasteiger partial charge in [-0.3, -0.25) is 0 Å². The van der Waals surface area contributed by atoms with Crippen molar-refractivity contribution in [1.29, 1.82) is 5.26 Å². The van der Waals surface area contributed by atoms with E-state index in [4.69, 9.17) is 6.57 Å². The van der Waals surface area contributed by atoms with Crippen LogP contribution in [-0.4, -0.2) is 9.97 Å². The highest BCUT2D eigenvalue weighted by atomic mass is 14.8. The summed E-state index contributed by atoms with van der Waals surface area (Å²) in [5.41, 5.74) is 15.6. The number of nitrogens with zero attached hydrogens (tertiary/aromatic N) is 4. The molecular weight excluding hydrogens is 645 g/mol. The van der Waals surface area contributed by atoms with Crippen LogP contribution in [0.1, 0.15) is 27.9 Å². The minimum absolute atomic E-state index is 0.385. The molecular formula is C49H30N4. The fourth-order valence-corrected chi connectivity index (χ4v) is 7.93. The Bertz CT molecular complexity index is 2560. The van der Waals surface area contributed by atoms with E-state index >= 15 is 0 Å². The molecule has 4 heteroatoms. The predicted octanol–water partition coefficient (Wildman–Crippen LogP) is 11.9. The Labute approximate surface area is 308 Å². The lowest BCUT2D eigenvalue weighted by Gasteiger charge is -2.34. The SMILES string of the molecule is [C-]#[N+]c1cc(-c2cccc(-c3ccc4c(c3)C(c3ccccc3)(c3ccccc3)c3cc(-c5cccc(-c6ccnc(C#N)c6)c5)ccc3-4)c2)ccn1. The summed E-state index contributed by atoms with van der Waals surface area (Å²) in [6, 6.07) is 62.3. The molecule has 8 aromatic rings. The molecule has 0 aliphatic heterocycles. The molecule has 9 rings (SSSR count). The Morgan fingerprint density at radius 1 is 0.453 bits per heavy atom. The first-order chi connectivity index (χ1) is 26.1. The van der Waals surface area contributed by atoms with Gasteiger partial charge in [0.15, 0.2) is 0 Å². The molecule has 246 valence electrons. The molecule has 0 unspecified atom stereocenters. The Morgan fingerprint density at radius 2 is 0.906 bits per heavy atom. The average Bonchev–Trinajstić information content (AvgIpc) is 3.54. The van der Waals surface area contributed by atoms with E-state index in [-0.39, 0.29) is 0 Å². The lowest BCUT2D eigenvalue weighted by molar-refractivity contribution is 0.769. The quantitative estimate of drug-likeness (QED) is 0.165. The summed E-state index contributed by atoms with van der Waals surface area (Å²) >= 11 is 0. The third kappa shape index (κ3) is 5.38. The number of fused-ring (bicyclic) bond motifs is 3. The van der Waals surface area contributed by atoms with Crippen LogP contribution >= 0.6 is 0 Å². The van der Waals surface area contributed by atoms with E-state index in [9.17, 15) is 5.26 Å². The molecule has 0 N–H and O–H groups in total. The molecule has 2 heterocycles. The summed E-state index contributed by atoms with van der Waals surface area (Å²) in [6.07, 6.45) is 3.39. The van der Waals surface area contributed by atoms with Crippen molar-refractivity contribution in [3.05, 3.63) is 222 Å². The molecule has 0 bridgehead atoms. The van der Waals surface area contributed by atoms with Crippen LogP contribution in [0.5, 0.6) is 0 Å². The molecule has 0 radical (unpaired) electrons. The van der Waals surface area contributed by atoms with Gasteiger partial charge in [-0.15, -0.1) is 4.98 Å². The van der Waals surface area contributed by atoms with Gasteiger partial charge in [-0.05, 0) is 126 Å². The van der Waals surface area contributed by atoms with E-state index in [0.29, 0.717) is 11.5 Å². The van der Waals surface area contributed by atoms with Crippen LogP contribution in [0.25, 0.3) is 60.5 Å². The molecule has 1 aliphatic carbocycles. The molecule has 0 saturated carbocycles. The Hall–Kier alpha value is -7.40. The van der Waals surface area contributed by atoms with Crippen LogP contribution in [-0.2, 0) is 5.41 Å². The third-order valence-corrected chi connectivity index (χ3v) is 10.3. The number of rotatable bonds is 6. The van der Waals surface area contributed by atoms with Crippen LogP contribution in [0.4, 0.5) is 5.82 Å². The molecule has 4 nitrogen and oxygen atoms in total. The Balaban J connectivity index is 1.25. The lowest BCUT2D eigenvalue weighted by Crippen LogP contribution is -2.28. The van der Waals surface area contributed by atoms with Gasteiger partial charge in [0.05, 0.1) is 5.41 Å². The van der Waals surface area contributed by atoms with Gasteiger partial charge in [-0.2, -0.15) is 5.26 Å². The monoisotopic (exact) mass is 674 g/mol. The largest absolute Gasteiger partial charge is 0.361 e. The minimum atomic E-state index is -0.586. The van der Waals surface area contributed by atoms with Crippen LogP contribution in [0.15, 0.2) is 182 Å². The van der Waals surface area contributed by atoms with Crippen LogP contribution in [0.2, 0.25) is 0 Å². The summed E-state index contributed by atoms with van der Waals surface area (Å²) in [4.78, 5) is 11.9. The molecule has 6 aromatic carbocycles. The van der Waals surface area contributed by atoms with Gasteiger partial charge in [0.1, 0.15) is 18.0 Å². The average molecular weight is 675 g/mol. The van der Waals surface area contributed by atoms with E-state index in [1.165, 1.54) is 33.4 Å².